The lowest BCUT2D eigenvalue weighted by Crippen LogP contribution is -2.35. The van der Waals surface area contributed by atoms with E-state index in [2.05, 4.69) is 39.4 Å². The van der Waals surface area contributed by atoms with E-state index in [1.165, 1.54) is 11.9 Å². The first-order valence-electron chi connectivity index (χ1n) is 7.87. The van der Waals surface area contributed by atoms with Crippen LogP contribution in [0.15, 0.2) is 30.9 Å². The fourth-order valence-electron chi connectivity index (χ4n) is 2.82. The molecule has 0 bridgehead atoms. The molecule has 3 heterocycles. The van der Waals surface area contributed by atoms with Gasteiger partial charge in [0.15, 0.2) is 0 Å². The molecule has 0 spiro atoms. The van der Waals surface area contributed by atoms with Crippen molar-refractivity contribution in [1.29, 1.82) is 5.26 Å². The van der Waals surface area contributed by atoms with Crippen molar-refractivity contribution in [2.75, 3.05) is 13.2 Å². The van der Waals surface area contributed by atoms with E-state index in [1.54, 1.807) is 12.1 Å². The summed E-state index contributed by atoms with van der Waals surface area (Å²) < 4.78 is 8.05. The third-order valence-electron chi connectivity index (χ3n) is 4.17. The number of hydrogen-bond donors (Lipinski definition) is 0. The highest BCUT2D eigenvalue weighted by molar-refractivity contribution is 5.28. The molecule has 0 unspecified atom stereocenters. The first-order valence-corrected chi connectivity index (χ1v) is 7.87. The maximum atomic E-state index is 8.80. The highest BCUT2D eigenvalue weighted by Gasteiger charge is 2.24. The zero-order valence-corrected chi connectivity index (χ0v) is 13.5. The van der Waals surface area contributed by atoms with Gasteiger partial charge in [-0.25, -0.2) is 9.97 Å². The number of nitrogens with zero attached hydrogens (tertiary/aromatic N) is 5. The monoisotopic (exact) mass is 311 g/mol. The van der Waals surface area contributed by atoms with Gasteiger partial charge in [0.2, 0.25) is 5.88 Å². The molecule has 1 aliphatic rings. The quantitative estimate of drug-likeness (QED) is 0.864. The maximum absolute atomic E-state index is 8.80. The van der Waals surface area contributed by atoms with Gasteiger partial charge >= 0.3 is 0 Å². The molecule has 0 radical (unpaired) electrons. The van der Waals surface area contributed by atoms with Gasteiger partial charge in [0.25, 0.3) is 0 Å². The average Bonchev–Trinajstić information content (AvgIpc) is 2.91. The van der Waals surface area contributed by atoms with Crippen molar-refractivity contribution in [3.05, 3.63) is 42.1 Å². The van der Waals surface area contributed by atoms with E-state index in [-0.39, 0.29) is 0 Å². The van der Waals surface area contributed by atoms with E-state index in [9.17, 15) is 0 Å². The second kappa shape index (κ2) is 6.80. The molecular formula is C17H21N5O. The number of nitriles is 1. The first-order chi connectivity index (χ1) is 11.2. The van der Waals surface area contributed by atoms with E-state index >= 15 is 0 Å². The molecule has 0 aliphatic carbocycles. The topological polar surface area (TPSA) is 67.0 Å². The minimum absolute atomic E-state index is 0.366. The Morgan fingerprint density at radius 1 is 1.35 bits per heavy atom. The van der Waals surface area contributed by atoms with Gasteiger partial charge in [-0.15, -0.1) is 0 Å². The van der Waals surface area contributed by atoms with Crippen molar-refractivity contribution in [3.8, 4) is 11.9 Å². The number of fused-ring (bicyclic) bond motifs is 1. The summed E-state index contributed by atoms with van der Waals surface area (Å²) in [5.41, 5.74) is 1.79. The van der Waals surface area contributed by atoms with Gasteiger partial charge in [0, 0.05) is 50.1 Å². The number of hydrogen-bond acceptors (Lipinski definition) is 5. The zero-order chi connectivity index (χ0) is 16.2. The van der Waals surface area contributed by atoms with Crippen LogP contribution >= 0.6 is 0 Å². The Hall–Kier alpha value is -2.39. The molecule has 0 saturated heterocycles. The van der Waals surface area contributed by atoms with Gasteiger partial charge in [-0.3, -0.25) is 4.90 Å². The van der Waals surface area contributed by atoms with Crippen molar-refractivity contribution in [1.82, 2.24) is 19.4 Å². The standard InChI is InChI=1S/C17H21N5O/c1-13(2)21-8-15(9-22-12-19-7-16(22)10-21)11-23-17-4-3-14(5-18)6-20-17/h3-4,6-7,12-13,15H,8-11H2,1-2H3/t15-/m1/s1. The van der Waals surface area contributed by atoms with E-state index in [1.807, 2.05) is 12.5 Å². The van der Waals surface area contributed by atoms with Crippen molar-refractivity contribution in [3.63, 3.8) is 0 Å². The SMILES string of the molecule is CC(C)N1Cc2cncn2C[C@H](COc2ccc(C#N)cn2)C1. The second-order valence-corrected chi connectivity index (χ2v) is 6.23. The third-order valence-corrected chi connectivity index (χ3v) is 4.17. The molecule has 6 heteroatoms. The summed E-state index contributed by atoms with van der Waals surface area (Å²) in [7, 11) is 0. The molecule has 0 aromatic carbocycles. The van der Waals surface area contributed by atoms with Crippen LogP contribution in [-0.2, 0) is 13.1 Å². The highest BCUT2D eigenvalue weighted by atomic mass is 16.5. The summed E-state index contributed by atoms with van der Waals surface area (Å²) in [6.07, 6.45) is 5.38. The van der Waals surface area contributed by atoms with Crippen LogP contribution in [-0.4, -0.2) is 38.6 Å². The minimum Gasteiger partial charge on any atom is -0.477 e. The van der Waals surface area contributed by atoms with Crippen LogP contribution in [0.25, 0.3) is 0 Å². The molecule has 2 aromatic heterocycles. The Balaban J connectivity index is 1.67. The number of pyridine rings is 1. The largest absolute Gasteiger partial charge is 0.477 e. The highest BCUT2D eigenvalue weighted by Crippen LogP contribution is 2.19. The lowest BCUT2D eigenvalue weighted by Gasteiger charge is -2.27. The Kier molecular flexibility index (Phi) is 4.58. The summed E-state index contributed by atoms with van der Waals surface area (Å²) in [4.78, 5) is 10.9. The molecule has 2 aromatic rings. The van der Waals surface area contributed by atoms with Gasteiger partial charge < -0.3 is 9.30 Å². The van der Waals surface area contributed by atoms with Crippen LogP contribution in [0.5, 0.6) is 5.88 Å². The molecule has 23 heavy (non-hydrogen) atoms. The molecule has 1 atom stereocenters. The Morgan fingerprint density at radius 2 is 2.22 bits per heavy atom. The summed E-state index contributed by atoms with van der Waals surface area (Å²) in [6, 6.07) is 6.01. The van der Waals surface area contributed by atoms with Crippen molar-refractivity contribution < 1.29 is 4.74 Å². The molecular weight excluding hydrogens is 290 g/mol. The molecule has 0 amide bonds. The Bertz CT molecular complexity index is 686. The third kappa shape index (κ3) is 3.69. The predicted octanol–water partition coefficient (Wildman–Crippen LogP) is 2.07. The van der Waals surface area contributed by atoms with E-state index < -0.39 is 0 Å². The van der Waals surface area contributed by atoms with Crippen LogP contribution in [0.2, 0.25) is 0 Å². The average molecular weight is 311 g/mol. The van der Waals surface area contributed by atoms with E-state index in [0.29, 0.717) is 30.0 Å². The second-order valence-electron chi connectivity index (χ2n) is 6.23. The molecule has 120 valence electrons. The molecule has 3 rings (SSSR count). The summed E-state index contributed by atoms with van der Waals surface area (Å²) >= 11 is 0. The van der Waals surface area contributed by atoms with Crippen molar-refractivity contribution in [2.24, 2.45) is 5.92 Å². The van der Waals surface area contributed by atoms with Crippen LogP contribution < -0.4 is 4.74 Å². The van der Waals surface area contributed by atoms with Gasteiger partial charge in [0.05, 0.1) is 24.2 Å². The van der Waals surface area contributed by atoms with E-state index in [0.717, 1.165) is 19.6 Å². The Labute approximate surface area is 136 Å². The first kappa shape index (κ1) is 15.5. The molecule has 1 aliphatic heterocycles. The lowest BCUT2D eigenvalue weighted by atomic mass is 10.1. The minimum atomic E-state index is 0.366. The van der Waals surface area contributed by atoms with Crippen LogP contribution in [0.4, 0.5) is 0 Å². The predicted molar refractivity (Wildman–Crippen MR) is 85.7 cm³/mol. The Morgan fingerprint density at radius 3 is 2.91 bits per heavy atom. The van der Waals surface area contributed by atoms with Gasteiger partial charge in [-0.05, 0) is 19.9 Å². The zero-order valence-electron chi connectivity index (χ0n) is 13.5. The van der Waals surface area contributed by atoms with E-state index in [4.69, 9.17) is 10.00 Å². The number of ether oxygens (including phenoxy) is 1. The van der Waals surface area contributed by atoms with Crippen LogP contribution in [0, 0.1) is 17.2 Å². The molecule has 0 N–H and O–H groups in total. The normalized spacial score (nSPS) is 18.3. The summed E-state index contributed by atoms with van der Waals surface area (Å²) in [6.45, 7) is 7.83. The lowest BCUT2D eigenvalue weighted by molar-refractivity contribution is 0.145. The van der Waals surface area contributed by atoms with Gasteiger partial charge in [0.1, 0.15) is 6.07 Å². The summed E-state index contributed by atoms with van der Waals surface area (Å²) in [5.74, 6) is 0.931. The maximum Gasteiger partial charge on any atom is 0.213 e. The van der Waals surface area contributed by atoms with Crippen LogP contribution in [0.1, 0.15) is 25.1 Å². The molecule has 0 fully saturated rings. The van der Waals surface area contributed by atoms with Gasteiger partial charge in [-0.2, -0.15) is 5.26 Å². The fourth-order valence-corrected chi connectivity index (χ4v) is 2.82. The number of aromatic nitrogens is 3. The number of imidazole rings is 1. The smallest absolute Gasteiger partial charge is 0.213 e. The van der Waals surface area contributed by atoms with Crippen molar-refractivity contribution in [2.45, 2.75) is 33.0 Å². The van der Waals surface area contributed by atoms with Crippen molar-refractivity contribution >= 4 is 0 Å². The van der Waals surface area contributed by atoms with Gasteiger partial charge in [-0.1, -0.05) is 0 Å². The number of rotatable bonds is 4. The van der Waals surface area contributed by atoms with Crippen LogP contribution in [0.3, 0.4) is 0 Å². The fraction of sp³-hybridized carbons (Fsp3) is 0.471. The molecule has 0 saturated carbocycles. The molecule has 6 nitrogen and oxygen atoms in total. The summed E-state index contributed by atoms with van der Waals surface area (Å²) in [5, 5.41) is 8.80.